The maximum atomic E-state index is 13.0. The number of alkyl halides is 5. The smallest absolute Gasteiger partial charge is 0.456 e. The Bertz CT molecular complexity index is 562. The largest absolute Gasteiger partial charge is 0.459 e. The third kappa shape index (κ3) is 8.09. The summed E-state index contributed by atoms with van der Waals surface area (Å²) in [4.78, 5) is 25.0. The molecule has 0 saturated carbocycles. The van der Waals surface area contributed by atoms with Crippen LogP contribution in [0, 0.1) is 23.2 Å². The molecule has 0 radical (unpaired) electrons. The van der Waals surface area contributed by atoms with Gasteiger partial charge in [0.1, 0.15) is 5.60 Å². The Kier molecular flexibility index (Phi) is 9.13. The predicted molar refractivity (Wildman–Crippen MR) is 98.3 cm³/mol. The molecular weight excluding hydrogens is 399 g/mol. The highest BCUT2D eigenvalue weighted by molar-refractivity contribution is 5.77. The Morgan fingerprint density at radius 3 is 1.69 bits per heavy atom. The third-order valence-corrected chi connectivity index (χ3v) is 4.74. The Labute approximate surface area is 169 Å². The van der Waals surface area contributed by atoms with Crippen LogP contribution >= 0.6 is 0 Å². The van der Waals surface area contributed by atoms with Gasteiger partial charge in [-0.15, -0.1) is 0 Å². The van der Waals surface area contributed by atoms with Crippen molar-refractivity contribution in [3.8, 4) is 0 Å². The molecule has 0 heterocycles. The number of hydrogen-bond acceptors (Lipinski definition) is 4. The van der Waals surface area contributed by atoms with Crippen LogP contribution in [0.2, 0.25) is 0 Å². The van der Waals surface area contributed by atoms with E-state index in [2.05, 4.69) is 4.74 Å². The lowest BCUT2D eigenvalue weighted by molar-refractivity contribution is -0.294. The zero-order chi connectivity index (χ0) is 23.4. The van der Waals surface area contributed by atoms with Crippen molar-refractivity contribution in [3.63, 3.8) is 0 Å². The first-order valence-corrected chi connectivity index (χ1v) is 9.60. The first kappa shape index (κ1) is 27.6. The number of hydrogen-bond donors (Lipinski definition) is 0. The molecule has 0 fully saturated rings. The van der Waals surface area contributed by atoms with Crippen LogP contribution in [0.25, 0.3) is 0 Å². The van der Waals surface area contributed by atoms with Gasteiger partial charge >= 0.3 is 24.0 Å². The van der Waals surface area contributed by atoms with E-state index < -0.39 is 53.5 Å². The van der Waals surface area contributed by atoms with Gasteiger partial charge in [-0.05, 0) is 38.0 Å². The quantitative estimate of drug-likeness (QED) is 0.342. The van der Waals surface area contributed by atoms with Crippen molar-refractivity contribution < 1.29 is 41.0 Å². The van der Waals surface area contributed by atoms with Crippen molar-refractivity contribution in [2.45, 2.75) is 85.9 Å². The van der Waals surface area contributed by atoms with Crippen LogP contribution in [0.1, 0.15) is 68.2 Å². The van der Waals surface area contributed by atoms with E-state index in [1.165, 1.54) is 20.8 Å². The lowest BCUT2D eigenvalue weighted by Crippen LogP contribution is -2.46. The minimum Gasteiger partial charge on any atom is -0.459 e. The van der Waals surface area contributed by atoms with Gasteiger partial charge in [0.15, 0.2) is 6.61 Å². The highest BCUT2D eigenvalue weighted by atomic mass is 19.4. The summed E-state index contributed by atoms with van der Waals surface area (Å²) in [5, 5.41) is 0. The molecule has 172 valence electrons. The van der Waals surface area contributed by atoms with Crippen LogP contribution in [0.4, 0.5) is 22.0 Å². The van der Waals surface area contributed by atoms with Crippen molar-refractivity contribution >= 4 is 11.9 Å². The normalized spacial score (nSPS) is 15.8. The number of esters is 2. The number of carbonyl (C=O) groups excluding carboxylic acids is 2. The molecule has 2 atom stereocenters. The van der Waals surface area contributed by atoms with Gasteiger partial charge in [-0.3, -0.25) is 9.59 Å². The Morgan fingerprint density at radius 1 is 0.862 bits per heavy atom. The van der Waals surface area contributed by atoms with Crippen LogP contribution in [0.5, 0.6) is 0 Å². The lowest BCUT2D eigenvalue weighted by atomic mass is 9.76. The van der Waals surface area contributed by atoms with Crippen molar-refractivity contribution in [3.05, 3.63) is 0 Å². The molecule has 29 heavy (non-hydrogen) atoms. The molecule has 0 saturated heterocycles. The van der Waals surface area contributed by atoms with Gasteiger partial charge in [0.25, 0.3) is 0 Å². The Hall–Kier alpha value is -1.41. The van der Waals surface area contributed by atoms with Crippen LogP contribution in [-0.4, -0.2) is 36.2 Å². The standard InChI is InChI=1S/C20H33F5O4/c1-9-13(15(26)28-11-19(21,22)20(23,24)25)18(7,8)29-16(27)14(10-12(2)3)17(4,5)6/h12-14H,9-11H2,1-8H3. The molecule has 0 aliphatic rings. The number of ether oxygens (including phenoxy) is 2. The minimum atomic E-state index is -5.83. The van der Waals surface area contributed by atoms with Gasteiger partial charge in [0, 0.05) is 0 Å². The van der Waals surface area contributed by atoms with E-state index >= 15 is 0 Å². The monoisotopic (exact) mass is 432 g/mol. The molecule has 9 heteroatoms. The van der Waals surface area contributed by atoms with Gasteiger partial charge in [-0.2, -0.15) is 22.0 Å². The summed E-state index contributed by atoms with van der Waals surface area (Å²) >= 11 is 0. The number of carbonyl (C=O) groups is 2. The van der Waals surface area contributed by atoms with Crippen LogP contribution < -0.4 is 0 Å². The van der Waals surface area contributed by atoms with E-state index in [1.807, 2.05) is 34.6 Å². The maximum Gasteiger partial charge on any atom is 0.456 e. The average Bonchev–Trinajstić information content (AvgIpc) is 2.48. The van der Waals surface area contributed by atoms with Gasteiger partial charge in [-0.25, -0.2) is 0 Å². The topological polar surface area (TPSA) is 52.6 Å². The van der Waals surface area contributed by atoms with Crippen molar-refractivity contribution in [2.24, 2.45) is 23.2 Å². The fourth-order valence-corrected chi connectivity index (χ4v) is 2.96. The molecule has 4 nitrogen and oxygen atoms in total. The average molecular weight is 432 g/mol. The van der Waals surface area contributed by atoms with Crippen LogP contribution in [-0.2, 0) is 19.1 Å². The molecule has 0 amide bonds. The molecule has 0 spiro atoms. The van der Waals surface area contributed by atoms with Crippen molar-refractivity contribution in [1.29, 1.82) is 0 Å². The second kappa shape index (κ2) is 9.60. The van der Waals surface area contributed by atoms with Gasteiger partial charge in [0.2, 0.25) is 0 Å². The van der Waals surface area contributed by atoms with E-state index in [4.69, 9.17) is 4.74 Å². The molecule has 0 aromatic carbocycles. The summed E-state index contributed by atoms with van der Waals surface area (Å²) in [7, 11) is 0. The molecule has 0 aromatic rings. The first-order chi connectivity index (χ1) is 12.8. The molecule has 0 rings (SSSR count). The molecule has 0 bridgehead atoms. The summed E-state index contributed by atoms with van der Waals surface area (Å²) in [6.45, 7) is 11.8. The minimum absolute atomic E-state index is 0.0288. The summed E-state index contributed by atoms with van der Waals surface area (Å²) in [6, 6.07) is 0. The lowest BCUT2D eigenvalue weighted by Gasteiger charge is -2.37. The Morgan fingerprint density at radius 2 is 1.34 bits per heavy atom. The molecular formula is C20H33F5O4. The summed E-state index contributed by atoms with van der Waals surface area (Å²) in [6.07, 6.45) is -5.26. The van der Waals surface area contributed by atoms with E-state index in [0.29, 0.717) is 6.42 Å². The fraction of sp³-hybridized carbons (Fsp3) is 0.900. The predicted octanol–water partition coefficient (Wildman–Crippen LogP) is 5.78. The molecule has 0 aromatic heterocycles. The Balaban J connectivity index is 5.36. The summed E-state index contributed by atoms with van der Waals surface area (Å²) < 4.78 is 72.7. The zero-order valence-corrected chi connectivity index (χ0v) is 18.4. The second-order valence-corrected chi connectivity index (χ2v) is 9.34. The van der Waals surface area contributed by atoms with Crippen LogP contribution in [0.15, 0.2) is 0 Å². The molecule has 0 aliphatic heterocycles. The first-order valence-electron chi connectivity index (χ1n) is 9.60. The summed E-state index contributed by atoms with van der Waals surface area (Å²) in [5.74, 6) is -8.46. The number of halogens is 5. The highest BCUT2D eigenvalue weighted by Crippen LogP contribution is 2.37. The van der Waals surface area contributed by atoms with E-state index in [0.717, 1.165) is 0 Å². The number of rotatable bonds is 9. The van der Waals surface area contributed by atoms with Crippen LogP contribution in [0.3, 0.4) is 0 Å². The third-order valence-electron chi connectivity index (χ3n) is 4.74. The summed E-state index contributed by atoms with van der Waals surface area (Å²) in [5.41, 5.74) is -1.87. The van der Waals surface area contributed by atoms with E-state index in [1.54, 1.807) is 0 Å². The SMILES string of the molecule is CCC(C(=O)OCC(F)(F)C(F)(F)F)C(C)(C)OC(=O)C(CC(C)C)C(C)(C)C. The van der Waals surface area contributed by atoms with Gasteiger partial charge in [0.05, 0.1) is 11.8 Å². The van der Waals surface area contributed by atoms with Crippen molar-refractivity contribution in [1.82, 2.24) is 0 Å². The van der Waals surface area contributed by atoms with Gasteiger partial charge < -0.3 is 9.47 Å². The molecule has 0 N–H and O–H groups in total. The van der Waals surface area contributed by atoms with E-state index in [9.17, 15) is 31.5 Å². The zero-order valence-electron chi connectivity index (χ0n) is 18.4. The fourth-order valence-electron chi connectivity index (χ4n) is 2.96. The van der Waals surface area contributed by atoms with Crippen molar-refractivity contribution in [2.75, 3.05) is 6.61 Å². The van der Waals surface area contributed by atoms with Gasteiger partial charge in [-0.1, -0.05) is 41.5 Å². The molecule has 0 aliphatic carbocycles. The van der Waals surface area contributed by atoms with E-state index in [-0.39, 0.29) is 12.3 Å². The molecule has 2 unspecified atom stereocenters. The highest BCUT2D eigenvalue weighted by Gasteiger charge is 2.58. The maximum absolute atomic E-state index is 13.0. The second-order valence-electron chi connectivity index (χ2n) is 9.34.